The molecule has 0 unspecified atom stereocenters. The Morgan fingerprint density at radius 3 is 2.95 bits per heavy atom. The number of carbonyl (C=O) groups excluding carboxylic acids is 1. The molecule has 1 heterocycles. The Labute approximate surface area is 128 Å². The summed E-state index contributed by atoms with van der Waals surface area (Å²) < 4.78 is 1.71. The Kier molecular flexibility index (Phi) is 3.94. The molecule has 110 valence electrons. The predicted molar refractivity (Wildman–Crippen MR) is 81.8 cm³/mol. The lowest BCUT2D eigenvalue weighted by Gasteiger charge is -2.11. The zero-order chi connectivity index (χ0) is 14.8. The highest BCUT2D eigenvalue weighted by Gasteiger charge is 2.21. The topological polar surface area (TPSA) is 59.0 Å². The van der Waals surface area contributed by atoms with Crippen LogP contribution in [0.1, 0.15) is 28.9 Å². The lowest BCUT2D eigenvalue weighted by atomic mass is 10.1. The first-order chi connectivity index (χ1) is 10.2. The molecule has 0 atom stereocenters. The maximum atomic E-state index is 11.6. The number of nitrogens with one attached hydrogen (secondary N) is 2. The lowest BCUT2D eigenvalue weighted by Crippen LogP contribution is -2.19. The number of amides is 1. The number of rotatable bonds is 5. The van der Waals surface area contributed by atoms with Gasteiger partial charge < -0.3 is 10.6 Å². The zero-order valence-corrected chi connectivity index (χ0v) is 12.5. The molecule has 21 heavy (non-hydrogen) atoms. The van der Waals surface area contributed by atoms with Crippen molar-refractivity contribution < 1.29 is 4.79 Å². The summed E-state index contributed by atoms with van der Waals surface area (Å²) in [6.45, 7) is 0.746. The molecule has 1 aromatic heterocycles. The van der Waals surface area contributed by atoms with E-state index in [4.69, 9.17) is 11.6 Å². The van der Waals surface area contributed by atoms with E-state index in [1.54, 1.807) is 24.0 Å². The molecule has 2 aromatic rings. The van der Waals surface area contributed by atoms with Crippen molar-refractivity contribution in [3.8, 4) is 5.69 Å². The van der Waals surface area contributed by atoms with Crippen LogP contribution >= 0.6 is 11.6 Å². The minimum absolute atomic E-state index is 0.194. The molecule has 1 aliphatic carbocycles. The van der Waals surface area contributed by atoms with Crippen molar-refractivity contribution in [1.29, 1.82) is 0 Å². The van der Waals surface area contributed by atoms with Gasteiger partial charge in [0.1, 0.15) is 0 Å². The van der Waals surface area contributed by atoms with E-state index >= 15 is 0 Å². The summed E-state index contributed by atoms with van der Waals surface area (Å²) >= 11 is 6.09. The van der Waals surface area contributed by atoms with Crippen LogP contribution in [0.3, 0.4) is 0 Å². The van der Waals surface area contributed by atoms with Crippen LogP contribution in [0, 0.1) is 0 Å². The van der Waals surface area contributed by atoms with Crippen molar-refractivity contribution in [2.24, 2.45) is 0 Å². The molecule has 0 radical (unpaired) electrons. The highest BCUT2D eigenvalue weighted by Crippen LogP contribution is 2.23. The predicted octanol–water partition coefficient (Wildman–Crippen LogP) is 2.14. The fraction of sp³-hybridized carbons (Fsp3) is 0.333. The molecule has 5 nitrogen and oxygen atoms in total. The first-order valence-corrected chi connectivity index (χ1v) is 7.35. The average molecular weight is 305 g/mol. The van der Waals surface area contributed by atoms with Crippen molar-refractivity contribution in [2.45, 2.75) is 25.4 Å². The van der Waals surface area contributed by atoms with Crippen LogP contribution < -0.4 is 10.6 Å². The van der Waals surface area contributed by atoms with Gasteiger partial charge in [-0.3, -0.25) is 4.79 Å². The summed E-state index contributed by atoms with van der Waals surface area (Å²) in [6, 6.07) is 8.01. The Balaban J connectivity index is 1.88. The standard InChI is InChI=1S/C15H17ClN4O/c1-17-15(21)13-6-7-20(19-13)14-5-2-11(16)8-10(14)9-18-12-3-4-12/h2,5-8,12,18H,3-4,9H2,1H3,(H,17,21). The van der Waals surface area contributed by atoms with Crippen LogP contribution in [0.15, 0.2) is 30.5 Å². The zero-order valence-electron chi connectivity index (χ0n) is 11.8. The van der Waals surface area contributed by atoms with E-state index in [1.807, 2.05) is 18.2 Å². The summed E-state index contributed by atoms with van der Waals surface area (Å²) in [5.41, 5.74) is 2.40. The van der Waals surface area contributed by atoms with Crippen LogP contribution in [0.4, 0.5) is 0 Å². The highest BCUT2D eigenvalue weighted by molar-refractivity contribution is 6.30. The number of nitrogens with zero attached hydrogens (tertiary/aromatic N) is 2. The average Bonchev–Trinajstić information content (AvgIpc) is 3.20. The number of hydrogen-bond donors (Lipinski definition) is 2. The second kappa shape index (κ2) is 5.87. The Hall–Kier alpha value is -1.85. The first kappa shape index (κ1) is 14.1. The van der Waals surface area contributed by atoms with E-state index in [1.165, 1.54) is 12.8 Å². The van der Waals surface area contributed by atoms with Crippen molar-refractivity contribution in [3.63, 3.8) is 0 Å². The quantitative estimate of drug-likeness (QED) is 0.890. The van der Waals surface area contributed by atoms with Gasteiger partial charge in [0.25, 0.3) is 5.91 Å². The maximum absolute atomic E-state index is 11.6. The molecule has 0 aliphatic heterocycles. The van der Waals surface area contributed by atoms with Crippen LogP contribution in [-0.2, 0) is 6.54 Å². The molecule has 3 rings (SSSR count). The second-order valence-corrected chi connectivity index (χ2v) is 5.59. The van der Waals surface area contributed by atoms with Gasteiger partial charge in [-0.25, -0.2) is 4.68 Å². The van der Waals surface area contributed by atoms with E-state index in [-0.39, 0.29) is 5.91 Å². The van der Waals surface area contributed by atoms with Crippen molar-refractivity contribution in [3.05, 3.63) is 46.7 Å². The lowest BCUT2D eigenvalue weighted by molar-refractivity contribution is 0.0957. The van der Waals surface area contributed by atoms with E-state index in [0.29, 0.717) is 16.8 Å². The van der Waals surface area contributed by atoms with Gasteiger partial charge >= 0.3 is 0 Å². The molecule has 0 saturated heterocycles. The molecule has 1 aliphatic rings. The van der Waals surface area contributed by atoms with Crippen molar-refractivity contribution in [2.75, 3.05) is 7.05 Å². The van der Waals surface area contributed by atoms with E-state index in [9.17, 15) is 4.79 Å². The van der Waals surface area contributed by atoms with Gasteiger partial charge in [-0.2, -0.15) is 5.10 Å². The second-order valence-electron chi connectivity index (χ2n) is 5.15. The third-order valence-electron chi connectivity index (χ3n) is 3.50. The molecule has 0 bridgehead atoms. The highest BCUT2D eigenvalue weighted by atomic mass is 35.5. The Morgan fingerprint density at radius 2 is 2.24 bits per heavy atom. The largest absolute Gasteiger partial charge is 0.354 e. The van der Waals surface area contributed by atoms with Gasteiger partial charge in [0.05, 0.1) is 5.69 Å². The van der Waals surface area contributed by atoms with Gasteiger partial charge in [-0.05, 0) is 42.7 Å². The molecule has 2 N–H and O–H groups in total. The van der Waals surface area contributed by atoms with Gasteiger partial charge in [-0.1, -0.05) is 11.6 Å². The van der Waals surface area contributed by atoms with E-state index in [2.05, 4.69) is 15.7 Å². The van der Waals surface area contributed by atoms with Gasteiger partial charge in [0.2, 0.25) is 0 Å². The Morgan fingerprint density at radius 1 is 1.43 bits per heavy atom. The number of carbonyl (C=O) groups is 1. The molecular formula is C15H17ClN4O. The van der Waals surface area contributed by atoms with Gasteiger partial charge in [0.15, 0.2) is 5.69 Å². The van der Waals surface area contributed by atoms with E-state index in [0.717, 1.165) is 17.8 Å². The summed E-state index contributed by atoms with van der Waals surface area (Å²) in [5.74, 6) is -0.194. The minimum atomic E-state index is -0.194. The molecule has 1 fully saturated rings. The smallest absolute Gasteiger partial charge is 0.271 e. The fourth-order valence-electron chi connectivity index (χ4n) is 2.17. The summed E-state index contributed by atoms with van der Waals surface area (Å²) in [6.07, 6.45) is 4.26. The molecule has 1 amide bonds. The van der Waals surface area contributed by atoms with Gasteiger partial charge in [0, 0.05) is 30.9 Å². The molecule has 1 saturated carbocycles. The third kappa shape index (κ3) is 3.25. The summed E-state index contributed by atoms with van der Waals surface area (Å²) in [4.78, 5) is 11.6. The van der Waals surface area contributed by atoms with E-state index < -0.39 is 0 Å². The van der Waals surface area contributed by atoms with Crippen molar-refractivity contribution in [1.82, 2.24) is 20.4 Å². The SMILES string of the molecule is CNC(=O)c1ccn(-c2ccc(Cl)cc2CNC2CC2)n1. The minimum Gasteiger partial charge on any atom is -0.354 e. The Bertz CT molecular complexity index is 663. The first-order valence-electron chi connectivity index (χ1n) is 6.97. The van der Waals surface area contributed by atoms with Gasteiger partial charge in [-0.15, -0.1) is 0 Å². The molecule has 6 heteroatoms. The number of hydrogen-bond acceptors (Lipinski definition) is 3. The third-order valence-corrected chi connectivity index (χ3v) is 3.73. The molecule has 0 spiro atoms. The molecular weight excluding hydrogens is 288 g/mol. The number of halogens is 1. The fourth-order valence-corrected chi connectivity index (χ4v) is 2.36. The molecule has 1 aromatic carbocycles. The monoisotopic (exact) mass is 304 g/mol. The normalized spacial score (nSPS) is 14.2. The van der Waals surface area contributed by atoms with Crippen molar-refractivity contribution >= 4 is 17.5 Å². The van der Waals surface area contributed by atoms with Crippen LogP contribution in [0.25, 0.3) is 5.69 Å². The number of benzene rings is 1. The maximum Gasteiger partial charge on any atom is 0.271 e. The summed E-state index contributed by atoms with van der Waals surface area (Å²) in [7, 11) is 1.59. The van der Waals surface area contributed by atoms with Crippen LogP contribution in [0.5, 0.6) is 0 Å². The summed E-state index contributed by atoms with van der Waals surface area (Å²) in [5, 5.41) is 11.1. The van der Waals surface area contributed by atoms with Crippen LogP contribution in [0.2, 0.25) is 5.02 Å². The van der Waals surface area contributed by atoms with Crippen LogP contribution in [-0.4, -0.2) is 28.8 Å². The number of aromatic nitrogens is 2.